The molecule has 0 amide bonds. The zero-order valence-electron chi connectivity index (χ0n) is 10.4. The number of hydrogen-bond donors (Lipinski definition) is 2. The van der Waals surface area contributed by atoms with Gasteiger partial charge in [0.25, 0.3) is 0 Å². The van der Waals surface area contributed by atoms with Gasteiger partial charge < -0.3 is 10.1 Å². The third-order valence-corrected chi connectivity index (χ3v) is 2.29. The highest BCUT2D eigenvalue weighted by Gasteiger charge is 2.30. The number of carbonyl (C=O) groups excluding carboxylic acids is 1. The molecule has 0 aliphatic heterocycles. The van der Waals surface area contributed by atoms with Gasteiger partial charge in [0.2, 0.25) is 0 Å². The summed E-state index contributed by atoms with van der Waals surface area (Å²) >= 11 is 0. The van der Waals surface area contributed by atoms with Crippen LogP contribution in [0.3, 0.4) is 0 Å². The molecule has 0 spiro atoms. The number of ether oxygens (including phenoxy) is 1. The molecule has 0 aromatic heterocycles. The van der Waals surface area contributed by atoms with Crippen LogP contribution in [-0.4, -0.2) is 38.1 Å². The lowest BCUT2D eigenvalue weighted by Gasteiger charge is -2.19. The van der Waals surface area contributed by atoms with Crippen LogP contribution in [-0.2, 0) is 9.53 Å². The van der Waals surface area contributed by atoms with Gasteiger partial charge in [-0.2, -0.15) is 0 Å². The first-order valence-electron chi connectivity index (χ1n) is 5.38. The van der Waals surface area contributed by atoms with E-state index < -0.39 is 17.9 Å². The number of nitrogens with one attached hydrogen (secondary N) is 1. The lowest BCUT2D eigenvalue weighted by molar-refractivity contribution is -0.138. The summed E-state index contributed by atoms with van der Waals surface area (Å²) in [7, 11) is 1.73. The Balaban J connectivity index is 4.21. The van der Waals surface area contributed by atoms with Crippen molar-refractivity contribution in [2.75, 3.05) is 20.2 Å². The van der Waals surface area contributed by atoms with E-state index in [1.54, 1.807) is 7.05 Å². The second-order valence-electron chi connectivity index (χ2n) is 4.01. The molecule has 0 bridgehead atoms. The molecule has 0 saturated heterocycles. The molecular formula is C11H20F2N2O2. The summed E-state index contributed by atoms with van der Waals surface area (Å²) in [4.78, 5) is 11.3. The molecule has 0 aromatic carbocycles. The number of hydrogen-bond acceptors (Lipinski definition) is 4. The lowest BCUT2D eigenvalue weighted by atomic mass is 10.0. The van der Waals surface area contributed by atoms with Gasteiger partial charge in [0.05, 0.1) is 0 Å². The Morgan fingerprint density at radius 3 is 2.71 bits per heavy atom. The highest BCUT2D eigenvalue weighted by molar-refractivity contribution is 5.87. The van der Waals surface area contributed by atoms with Crippen molar-refractivity contribution in [1.82, 2.24) is 5.32 Å². The first kappa shape index (κ1) is 16.0. The molecule has 0 radical (unpaired) electrons. The van der Waals surface area contributed by atoms with Crippen LogP contribution in [0.25, 0.3) is 0 Å². The molecule has 100 valence electrons. The molecule has 0 aliphatic carbocycles. The van der Waals surface area contributed by atoms with E-state index in [0.717, 1.165) is 6.92 Å². The van der Waals surface area contributed by atoms with Crippen molar-refractivity contribution in [2.24, 2.45) is 5.73 Å². The minimum atomic E-state index is -2.17. The standard InChI is InChI=1S/C11H20F2N2O2/c1-8(9(16)17-7-6-15-3)4-5-11(2,13)10(12)14/h4,10,15H,5-7,14H2,1-3H3/b8-4+. The predicted molar refractivity (Wildman–Crippen MR) is 61.9 cm³/mol. The van der Waals surface area contributed by atoms with Crippen LogP contribution in [0.1, 0.15) is 20.3 Å². The maximum atomic E-state index is 13.4. The third kappa shape index (κ3) is 6.33. The largest absolute Gasteiger partial charge is 0.461 e. The molecule has 2 atom stereocenters. The first-order valence-corrected chi connectivity index (χ1v) is 5.38. The van der Waals surface area contributed by atoms with Crippen LogP contribution in [0.2, 0.25) is 0 Å². The van der Waals surface area contributed by atoms with Gasteiger partial charge in [-0.25, -0.2) is 13.6 Å². The number of carbonyl (C=O) groups is 1. The minimum absolute atomic E-state index is 0.232. The normalized spacial score (nSPS) is 17.4. The number of likely N-dealkylation sites (N-methyl/N-ethyl adjacent to an activating group) is 1. The molecule has 0 heterocycles. The molecule has 0 saturated carbocycles. The maximum absolute atomic E-state index is 13.4. The van der Waals surface area contributed by atoms with Gasteiger partial charge in [-0.05, 0) is 20.9 Å². The Bertz CT molecular complexity index is 279. The van der Waals surface area contributed by atoms with E-state index in [4.69, 9.17) is 10.5 Å². The molecule has 4 nitrogen and oxygen atoms in total. The van der Waals surface area contributed by atoms with Gasteiger partial charge in [0.15, 0.2) is 12.0 Å². The molecule has 6 heteroatoms. The highest BCUT2D eigenvalue weighted by atomic mass is 19.2. The lowest BCUT2D eigenvalue weighted by Crippen LogP contribution is -2.37. The third-order valence-electron chi connectivity index (χ3n) is 2.29. The second-order valence-corrected chi connectivity index (χ2v) is 4.01. The topological polar surface area (TPSA) is 64.3 Å². The monoisotopic (exact) mass is 250 g/mol. The predicted octanol–water partition coefficient (Wildman–Crippen LogP) is 1.07. The van der Waals surface area contributed by atoms with Crippen LogP contribution in [0.15, 0.2) is 11.6 Å². The average Bonchev–Trinajstić information content (AvgIpc) is 2.26. The Kier molecular flexibility index (Phi) is 6.91. The van der Waals surface area contributed by atoms with E-state index in [0.29, 0.717) is 6.54 Å². The Morgan fingerprint density at radius 2 is 2.24 bits per heavy atom. The number of nitrogens with two attached hydrogens (primary N) is 1. The average molecular weight is 250 g/mol. The van der Waals surface area contributed by atoms with Gasteiger partial charge in [-0.1, -0.05) is 6.08 Å². The number of esters is 1. The summed E-state index contributed by atoms with van der Waals surface area (Å²) < 4.78 is 30.9. The molecule has 17 heavy (non-hydrogen) atoms. The van der Waals surface area contributed by atoms with Crippen molar-refractivity contribution in [3.05, 3.63) is 11.6 Å². The summed E-state index contributed by atoms with van der Waals surface area (Å²) in [6, 6.07) is 0. The van der Waals surface area contributed by atoms with Gasteiger partial charge in [0.1, 0.15) is 6.61 Å². The van der Waals surface area contributed by atoms with Crippen molar-refractivity contribution < 1.29 is 18.3 Å². The fourth-order valence-corrected chi connectivity index (χ4v) is 0.908. The molecule has 0 aromatic rings. The second kappa shape index (κ2) is 7.34. The molecule has 3 N–H and O–H groups in total. The van der Waals surface area contributed by atoms with E-state index >= 15 is 0 Å². The number of rotatable bonds is 7. The van der Waals surface area contributed by atoms with Crippen LogP contribution in [0, 0.1) is 0 Å². The molecular weight excluding hydrogens is 230 g/mol. The van der Waals surface area contributed by atoms with E-state index in [1.165, 1.54) is 13.0 Å². The van der Waals surface area contributed by atoms with Crippen LogP contribution in [0.4, 0.5) is 8.78 Å². The van der Waals surface area contributed by atoms with Crippen LogP contribution in [0.5, 0.6) is 0 Å². The fourth-order valence-electron chi connectivity index (χ4n) is 0.908. The summed E-state index contributed by atoms with van der Waals surface area (Å²) in [6.07, 6.45) is -1.05. The Hall–Kier alpha value is -1.01. The van der Waals surface area contributed by atoms with Crippen molar-refractivity contribution in [1.29, 1.82) is 0 Å². The zero-order valence-corrected chi connectivity index (χ0v) is 10.4. The van der Waals surface area contributed by atoms with Gasteiger partial charge in [-0.15, -0.1) is 0 Å². The Morgan fingerprint density at radius 1 is 1.65 bits per heavy atom. The SMILES string of the molecule is CNCCOC(=O)/C(C)=C/CC(C)(F)C(N)F. The maximum Gasteiger partial charge on any atom is 0.333 e. The van der Waals surface area contributed by atoms with Crippen LogP contribution >= 0.6 is 0 Å². The number of halogens is 2. The van der Waals surface area contributed by atoms with E-state index in [1.807, 2.05) is 0 Å². The zero-order chi connectivity index (χ0) is 13.5. The van der Waals surface area contributed by atoms with Crippen molar-refractivity contribution in [3.63, 3.8) is 0 Å². The van der Waals surface area contributed by atoms with Crippen molar-refractivity contribution >= 4 is 5.97 Å². The minimum Gasteiger partial charge on any atom is -0.461 e. The fraction of sp³-hybridized carbons (Fsp3) is 0.727. The number of allylic oxidation sites excluding steroid dienone is 1. The molecule has 0 aliphatic rings. The van der Waals surface area contributed by atoms with Gasteiger partial charge >= 0.3 is 5.97 Å². The van der Waals surface area contributed by atoms with Crippen molar-refractivity contribution in [2.45, 2.75) is 32.2 Å². The van der Waals surface area contributed by atoms with E-state index in [-0.39, 0.29) is 18.6 Å². The summed E-state index contributed by atoms with van der Waals surface area (Å²) in [5, 5.41) is 2.81. The molecule has 2 unspecified atom stereocenters. The number of alkyl halides is 2. The van der Waals surface area contributed by atoms with Crippen molar-refractivity contribution in [3.8, 4) is 0 Å². The Labute approximate surface area is 100 Å². The molecule has 0 fully saturated rings. The summed E-state index contributed by atoms with van der Waals surface area (Å²) in [6.45, 7) is 3.31. The smallest absolute Gasteiger partial charge is 0.333 e. The quantitative estimate of drug-likeness (QED) is 0.307. The van der Waals surface area contributed by atoms with Crippen LogP contribution < -0.4 is 11.1 Å². The summed E-state index contributed by atoms with van der Waals surface area (Å²) in [5.74, 6) is -0.538. The summed E-state index contributed by atoms with van der Waals surface area (Å²) in [5.41, 5.74) is 2.90. The first-order chi connectivity index (χ1) is 7.81. The molecule has 0 rings (SSSR count). The van der Waals surface area contributed by atoms with E-state index in [9.17, 15) is 13.6 Å². The highest BCUT2D eigenvalue weighted by Crippen LogP contribution is 2.21. The van der Waals surface area contributed by atoms with Gasteiger partial charge in [-0.3, -0.25) is 5.73 Å². The van der Waals surface area contributed by atoms with E-state index in [2.05, 4.69) is 5.32 Å². The van der Waals surface area contributed by atoms with Gasteiger partial charge in [0, 0.05) is 18.5 Å².